The number of benzene rings is 2. The van der Waals surface area contributed by atoms with Gasteiger partial charge in [-0.1, -0.05) is 12.1 Å². The van der Waals surface area contributed by atoms with E-state index in [-0.39, 0.29) is 17.3 Å². The van der Waals surface area contributed by atoms with E-state index in [1.165, 1.54) is 22.5 Å². The smallest absolute Gasteiger partial charge is 0.414 e. The number of nitrogens with one attached hydrogen (secondary N) is 1. The van der Waals surface area contributed by atoms with Gasteiger partial charge >= 0.3 is 6.09 Å². The van der Waals surface area contributed by atoms with Crippen molar-refractivity contribution in [2.75, 3.05) is 54.0 Å². The first-order valence-electron chi connectivity index (χ1n) is 10.6. The number of nitrogens with two attached hydrogens (primary N) is 1. The van der Waals surface area contributed by atoms with Gasteiger partial charge < -0.3 is 25.6 Å². The van der Waals surface area contributed by atoms with E-state index >= 15 is 0 Å². The van der Waals surface area contributed by atoms with Crippen molar-refractivity contribution in [3.8, 4) is 0 Å². The molecule has 1 atom stereocenters. The van der Waals surface area contributed by atoms with Crippen LogP contribution in [0, 0.1) is 13.8 Å². The zero-order chi connectivity index (χ0) is 22.0. The number of carbonyl (C=O) groups excluding carboxylic acids is 1. The number of ether oxygens (including phenoxy) is 1. The molecule has 0 aliphatic carbocycles. The molecule has 0 saturated carbocycles. The average molecular weight is 440 g/mol. The van der Waals surface area contributed by atoms with Gasteiger partial charge in [0.15, 0.2) is 5.11 Å². The third-order valence-corrected chi connectivity index (χ3v) is 6.25. The lowest BCUT2D eigenvalue weighted by molar-refractivity contribution is 0.143. The highest BCUT2D eigenvalue weighted by Gasteiger charge is 2.32. The summed E-state index contributed by atoms with van der Waals surface area (Å²) in [7, 11) is 0. The summed E-state index contributed by atoms with van der Waals surface area (Å²) in [5.74, 6) is 0. The van der Waals surface area contributed by atoms with Crippen LogP contribution in [0.1, 0.15) is 11.1 Å². The van der Waals surface area contributed by atoms with E-state index in [1.54, 1.807) is 4.90 Å². The van der Waals surface area contributed by atoms with E-state index in [4.69, 9.17) is 22.7 Å². The Hall–Kier alpha value is -3.00. The number of aryl methyl sites for hydroxylation is 1. The number of anilines is 3. The minimum Gasteiger partial charge on any atom is -0.442 e. The fourth-order valence-corrected chi connectivity index (χ4v) is 4.26. The fourth-order valence-electron chi connectivity index (χ4n) is 4.18. The van der Waals surface area contributed by atoms with Crippen molar-refractivity contribution in [2.45, 2.75) is 20.0 Å². The molecular formula is C23H29N5O2S. The van der Waals surface area contributed by atoms with Crippen LogP contribution in [0.4, 0.5) is 21.9 Å². The molecule has 8 heteroatoms. The number of carbonyl (C=O) groups is 1. The summed E-state index contributed by atoms with van der Waals surface area (Å²) in [4.78, 5) is 18.7. The highest BCUT2D eigenvalue weighted by Crippen LogP contribution is 2.28. The monoisotopic (exact) mass is 439 g/mol. The van der Waals surface area contributed by atoms with Crippen molar-refractivity contribution >= 4 is 40.5 Å². The molecule has 2 aromatic rings. The second-order valence-corrected chi connectivity index (χ2v) is 8.51. The van der Waals surface area contributed by atoms with Crippen molar-refractivity contribution in [1.29, 1.82) is 0 Å². The Balaban J connectivity index is 1.35. The maximum Gasteiger partial charge on any atom is 0.414 e. The van der Waals surface area contributed by atoms with Crippen LogP contribution in [-0.4, -0.2) is 56.6 Å². The van der Waals surface area contributed by atoms with Crippen LogP contribution in [0.2, 0.25) is 0 Å². The molecule has 3 N–H and O–H groups in total. The first kappa shape index (κ1) is 21.2. The highest BCUT2D eigenvalue weighted by molar-refractivity contribution is 7.80. The third-order valence-electron chi connectivity index (χ3n) is 6.10. The summed E-state index contributed by atoms with van der Waals surface area (Å²) in [6, 6.07) is 14.6. The molecule has 2 heterocycles. The first-order chi connectivity index (χ1) is 14.9. The van der Waals surface area contributed by atoms with Gasteiger partial charge in [-0.05, 0) is 67.5 Å². The zero-order valence-corrected chi connectivity index (χ0v) is 18.8. The molecule has 0 spiro atoms. The maximum atomic E-state index is 12.2. The average Bonchev–Trinajstić information content (AvgIpc) is 3.15. The van der Waals surface area contributed by atoms with Crippen molar-refractivity contribution in [1.82, 2.24) is 5.32 Å². The molecule has 2 saturated heterocycles. The lowest BCUT2D eigenvalue weighted by atomic mass is 10.1. The van der Waals surface area contributed by atoms with Crippen LogP contribution >= 0.6 is 12.2 Å². The second-order valence-electron chi connectivity index (χ2n) is 8.07. The Morgan fingerprint density at radius 1 is 1.06 bits per heavy atom. The second kappa shape index (κ2) is 9.01. The summed E-state index contributed by atoms with van der Waals surface area (Å²) in [5.41, 5.74) is 11.5. The Bertz CT molecular complexity index is 957. The number of hydrogen-bond acceptors (Lipinski definition) is 5. The first-order valence-corrected chi connectivity index (χ1v) is 11.0. The highest BCUT2D eigenvalue weighted by atomic mass is 32.1. The Kier molecular flexibility index (Phi) is 6.18. The molecule has 2 aliphatic heterocycles. The maximum absolute atomic E-state index is 12.2. The normalized spacial score (nSPS) is 18.8. The van der Waals surface area contributed by atoms with E-state index < -0.39 is 0 Å². The van der Waals surface area contributed by atoms with Crippen LogP contribution in [-0.2, 0) is 4.74 Å². The van der Waals surface area contributed by atoms with E-state index in [0.29, 0.717) is 13.1 Å². The summed E-state index contributed by atoms with van der Waals surface area (Å²) < 4.78 is 5.39. The number of piperazine rings is 1. The van der Waals surface area contributed by atoms with Gasteiger partial charge in [-0.3, -0.25) is 4.90 Å². The molecule has 2 aromatic carbocycles. The molecule has 0 bridgehead atoms. The quantitative estimate of drug-likeness (QED) is 0.694. The minimum absolute atomic E-state index is 0.205. The lowest BCUT2D eigenvalue weighted by Gasteiger charge is -2.38. The zero-order valence-electron chi connectivity index (χ0n) is 18.0. The fraction of sp³-hybridized carbons (Fsp3) is 0.391. The number of amides is 1. The van der Waals surface area contributed by atoms with Crippen LogP contribution in [0.5, 0.6) is 0 Å². The molecule has 1 amide bonds. The van der Waals surface area contributed by atoms with Gasteiger partial charge in [-0.25, -0.2) is 4.79 Å². The number of rotatable bonds is 5. The van der Waals surface area contributed by atoms with Gasteiger partial charge in [0, 0.05) is 43.2 Å². The molecule has 7 nitrogen and oxygen atoms in total. The molecule has 0 radical (unpaired) electrons. The number of hydrogen-bond donors (Lipinski definition) is 2. The van der Waals surface area contributed by atoms with Crippen molar-refractivity contribution in [3.05, 3.63) is 53.6 Å². The molecule has 0 unspecified atom stereocenters. The molecule has 2 fully saturated rings. The summed E-state index contributed by atoms with van der Waals surface area (Å²) in [5, 5.41) is 3.05. The van der Waals surface area contributed by atoms with Gasteiger partial charge in [0.05, 0.1) is 13.1 Å². The van der Waals surface area contributed by atoms with Gasteiger partial charge in [0.1, 0.15) is 6.10 Å². The van der Waals surface area contributed by atoms with Gasteiger partial charge in [-0.15, -0.1) is 0 Å². The Morgan fingerprint density at radius 3 is 2.39 bits per heavy atom. The molecule has 2 aliphatic rings. The molecule has 4 rings (SSSR count). The van der Waals surface area contributed by atoms with Crippen LogP contribution in [0.3, 0.4) is 0 Å². The van der Waals surface area contributed by atoms with E-state index in [2.05, 4.69) is 59.3 Å². The van der Waals surface area contributed by atoms with Crippen LogP contribution in [0.15, 0.2) is 42.5 Å². The summed E-state index contributed by atoms with van der Waals surface area (Å²) in [6.07, 6.45) is -0.614. The molecule has 0 aromatic heterocycles. The largest absolute Gasteiger partial charge is 0.442 e. The van der Waals surface area contributed by atoms with E-state index in [1.807, 2.05) is 12.1 Å². The van der Waals surface area contributed by atoms with E-state index in [0.717, 1.165) is 31.9 Å². The topological polar surface area (TPSA) is 74.1 Å². The van der Waals surface area contributed by atoms with Gasteiger partial charge in [0.25, 0.3) is 0 Å². The Morgan fingerprint density at radius 2 is 1.71 bits per heavy atom. The minimum atomic E-state index is -0.343. The number of nitrogens with zero attached hydrogens (tertiary/aromatic N) is 3. The SMILES string of the molecule is Cc1cccc(N2CCN(c3ccc(N4C[C@H](CNC(N)=S)OC4=O)cc3)CC2)c1C. The van der Waals surface area contributed by atoms with Crippen LogP contribution < -0.4 is 25.8 Å². The predicted molar refractivity (Wildman–Crippen MR) is 129 cm³/mol. The van der Waals surface area contributed by atoms with Gasteiger partial charge in [-0.2, -0.15) is 0 Å². The molecular weight excluding hydrogens is 410 g/mol. The van der Waals surface area contributed by atoms with E-state index in [9.17, 15) is 4.79 Å². The predicted octanol–water partition coefficient (Wildman–Crippen LogP) is 2.79. The third kappa shape index (κ3) is 4.69. The number of cyclic esters (lactones) is 1. The lowest BCUT2D eigenvalue weighted by Crippen LogP contribution is -2.46. The summed E-state index contributed by atoms with van der Waals surface area (Å²) >= 11 is 4.81. The van der Waals surface area contributed by atoms with Crippen LogP contribution in [0.25, 0.3) is 0 Å². The summed E-state index contributed by atoms with van der Waals surface area (Å²) in [6.45, 7) is 9.16. The van der Waals surface area contributed by atoms with Gasteiger partial charge in [0.2, 0.25) is 0 Å². The van der Waals surface area contributed by atoms with Crippen molar-refractivity contribution in [2.24, 2.45) is 5.73 Å². The standard InChI is InChI=1S/C23H29N5O2S/c1-16-4-3-5-21(17(16)2)27-12-10-26(11-13-27)18-6-8-19(9-7-18)28-15-20(30-23(28)29)14-25-22(24)31/h3-9,20H,10-15H2,1-2H3,(H3,24,25,31)/t20-/m0/s1. The number of thiocarbonyl (C=S) groups is 1. The Labute approximate surface area is 188 Å². The van der Waals surface area contributed by atoms with Crippen molar-refractivity contribution < 1.29 is 9.53 Å². The van der Waals surface area contributed by atoms with Crippen molar-refractivity contribution in [3.63, 3.8) is 0 Å². The molecule has 31 heavy (non-hydrogen) atoms. The molecule has 164 valence electrons.